The van der Waals surface area contributed by atoms with E-state index in [1.54, 1.807) is 0 Å². The average molecular weight is 553 g/mol. The Balaban J connectivity index is 1.20. The van der Waals surface area contributed by atoms with Gasteiger partial charge in [-0.2, -0.15) is 4.98 Å². The zero-order valence-electron chi connectivity index (χ0n) is 23.1. The summed E-state index contributed by atoms with van der Waals surface area (Å²) in [5, 5.41) is 5.00. The Morgan fingerprint density at radius 2 is 1.00 bits per heavy atom. The molecule has 5 heteroatoms. The molecule has 4 heterocycles. The molecular formula is C38H24N4O. The molecule has 0 radical (unpaired) electrons. The van der Waals surface area contributed by atoms with Crippen molar-refractivity contribution in [3.05, 3.63) is 139 Å². The largest absolute Gasteiger partial charge is 0.459 e. The molecule has 0 amide bonds. The van der Waals surface area contributed by atoms with E-state index in [4.69, 9.17) is 9.72 Å². The SMILES string of the molecule is c1ccc2c(c1)nc1n2-c2ccc(-n3c4ccccc4c4cc(-n5c6ccccc6c6ccccc65)ccc43)cc2CO1. The van der Waals surface area contributed by atoms with E-state index in [2.05, 4.69) is 129 Å². The second kappa shape index (κ2) is 8.37. The van der Waals surface area contributed by atoms with Crippen LogP contribution in [-0.2, 0) is 6.61 Å². The summed E-state index contributed by atoms with van der Waals surface area (Å²) in [4.78, 5) is 4.71. The van der Waals surface area contributed by atoms with E-state index in [0.717, 1.165) is 33.7 Å². The minimum absolute atomic E-state index is 0.488. The molecule has 202 valence electrons. The van der Waals surface area contributed by atoms with Gasteiger partial charge in [0, 0.05) is 38.5 Å². The van der Waals surface area contributed by atoms with Gasteiger partial charge in [-0.1, -0.05) is 66.7 Å². The fraction of sp³-hybridized carbons (Fsp3) is 0.0263. The fourth-order valence-electron chi connectivity index (χ4n) is 7.10. The Hall–Kier alpha value is -5.81. The highest BCUT2D eigenvalue weighted by atomic mass is 16.5. The van der Waals surface area contributed by atoms with Crippen molar-refractivity contribution in [3.63, 3.8) is 0 Å². The maximum Gasteiger partial charge on any atom is 0.302 e. The van der Waals surface area contributed by atoms with E-state index in [0.29, 0.717) is 12.6 Å². The Kier molecular flexibility index (Phi) is 4.44. The van der Waals surface area contributed by atoms with E-state index in [9.17, 15) is 0 Å². The van der Waals surface area contributed by atoms with E-state index < -0.39 is 0 Å². The molecular weight excluding hydrogens is 528 g/mol. The third kappa shape index (κ3) is 3.08. The minimum atomic E-state index is 0.488. The van der Waals surface area contributed by atoms with Crippen LogP contribution in [0.25, 0.3) is 71.7 Å². The summed E-state index contributed by atoms with van der Waals surface area (Å²) in [5.41, 5.74) is 11.3. The fourth-order valence-corrected chi connectivity index (χ4v) is 7.10. The van der Waals surface area contributed by atoms with E-state index in [1.807, 2.05) is 18.2 Å². The number of para-hydroxylation sites is 5. The summed E-state index contributed by atoms with van der Waals surface area (Å²) < 4.78 is 13.0. The van der Waals surface area contributed by atoms with Crippen molar-refractivity contribution in [1.82, 2.24) is 18.7 Å². The topological polar surface area (TPSA) is 36.9 Å². The maximum absolute atomic E-state index is 6.15. The van der Waals surface area contributed by atoms with Crippen LogP contribution in [0.15, 0.2) is 133 Å². The van der Waals surface area contributed by atoms with Crippen molar-refractivity contribution < 1.29 is 4.74 Å². The molecule has 0 spiro atoms. The molecule has 1 aliphatic heterocycles. The molecule has 9 aromatic rings. The molecule has 0 N–H and O–H groups in total. The second-order valence-electron chi connectivity index (χ2n) is 11.2. The molecule has 0 unspecified atom stereocenters. The number of hydrogen-bond acceptors (Lipinski definition) is 2. The molecule has 3 aromatic heterocycles. The monoisotopic (exact) mass is 552 g/mol. The van der Waals surface area contributed by atoms with Crippen LogP contribution in [0, 0.1) is 0 Å². The van der Waals surface area contributed by atoms with Gasteiger partial charge in [-0.15, -0.1) is 0 Å². The van der Waals surface area contributed by atoms with Crippen molar-refractivity contribution >= 4 is 54.6 Å². The zero-order valence-corrected chi connectivity index (χ0v) is 23.1. The normalized spacial score (nSPS) is 12.7. The predicted octanol–water partition coefficient (Wildman–Crippen LogP) is 9.11. The number of fused-ring (bicyclic) bond motifs is 11. The molecule has 43 heavy (non-hydrogen) atoms. The van der Waals surface area contributed by atoms with Crippen LogP contribution in [0.1, 0.15) is 5.56 Å². The predicted molar refractivity (Wildman–Crippen MR) is 174 cm³/mol. The minimum Gasteiger partial charge on any atom is -0.459 e. The lowest BCUT2D eigenvalue weighted by Crippen LogP contribution is -2.13. The van der Waals surface area contributed by atoms with Crippen molar-refractivity contribution in [3.8, 4) is 23.1 Å². The van der Waals surface area contributed by atoms with Gasteiger partial charge in [0.25, 0.3) is 0 Å². The average Bonchev–Trinajstić information content (AvgIpc) is 3.72. The lowest BCUT2D eigenvalue weighted by molar-refractivity contribution is 0.265. The molecule has 10 rings (SSSR count). The van der Waals surface area contributed by atoms with Gasteiger partial charge in [-0.3, -0.25) is 4.57 Å². The molecule has 1 aliphatic rings. The third-order valence-electron chi connectivity index (χ3n) is 8.94. The first-order valence-electron chi connectivity index (χ1n) is 14.6. The van der Waals surface area contributed by atoms with Crippen LogP contribution in [0.2, 0.25) is 0 Å². The number of nitrogens with zero attached hydrogens (tertiary/aromatic N) is 4. The molecule has 0 saturated heterocycles. The lowest BCUT2D eigenvalue weighted by Gasteiger charge is -2.21. The standard InChI is InChI=1S/C38H24N4O/c1-5-13-33-27(9-1)28-10-2-6-14-34(28)41(33)26-18-20-36-30(22-26)29-11-3-7-15-35(29)40(36)25-17-19-32-24(21-25)23-43-38-39-31-12-4-8-16-37(31)42(32)38/h1-22H,23H2. The highest BCUT2D eigenvalue weighted by molar-refractivity contribution is 6.12. The van der Waals surface area contributed by atoms with Gasteiger partial charge in [0.2, 0.25) is 0 Å². The number of rotatable bonds is 2. The first-order chi connectivity index (χ1) is 21.3. The van der Waals surface area contributed by atoms with Crippen LogP contribution >= 0.6 is 0 Å². The molecule has 5 nitrogen and oxygen atoms in total. The van der Waals surface area contributed by atoms with Crippen LogP contribution in [0.4, 0.5) is 0 Å². The van der Waals surface area contributed by atoms with Crippen molar-refractivity contribution in [2.75, 3.05) is 0 Å². The third-order valence-corrected chi connectivity index (χ3v) is 8.94. The zero-order chi connectivity index (χ0) is 28.1. The Labute approximate surface area is 246 Å². The Morgan fingerprint density at radius 3 is 1.70 bits per heavy atom. The Morgan fingerprint density at radius 1 is 0.465 bits per heavy atom. The summed E-state index contributed by atoms with van der Waals surface area (Å²) in [6, 6.07) is 48.4. The van der Waals surface area contributed by atoms with Crippen molar-refractivity contribution in [2.45, 2.75) is 6.61 Å². The van der Waals surface area contributed by atoms with Gasteiger partial charge in [-0.05, 0) is 66.7 Å². The number of benzene rings is 6. The number of aromatic nitrogens is 4. The van der Waals surface area contributed by atoms with Gasteiger partial charge in [0.1, 0.15) is 6.61 Å². The molecule has 0 atom stereocenters. The highest BCUT2D eigenvalue weighted by Gasteiger charge is 2.23. The van der Waals surface area contributed by atoms with Gasteiger partial charge in [0.05, 0.1) is 38.8 Å². The highest BCUT2D eigenvalue weighted by Crippen LogP contribution is 2.38. The summed E-state index contributed by atoms with van der Waals surface area (Å²) in [5.74, 6) is 0. The smallest absolute Gasteiger partial charge is 0.302 e. The maximum atomic E-state index is 6.15. The molecule has 0 bridgehead atoms. The molecule has 0 aliphatic carbocycles. The van der Waals surface area contributed by atoms with Crippen molar-refractivity contribution in [2.24, 2.45) is 0 Å². The lowest BCUT2D eigenvalue weighted by atomic mass is 10.1. The molecule has 0 saturated carbocycles. The first-order valence-corrected chi connectivity index (χ1v) is 14.6. The van der Waals surface area contributed by atoms with E-state index in [-0.39, 0.29) is 0 Å². The van der Waals surface area contributed by atoms with Crippen LogP contribution in [0.3, 0.4) is 0 Å². The summed E-state index contributed by atoms with van der Waals surface area (Å²) in [6.45, 7) is 0.488. The van der Waals surface area contributed by atoms with E-state index in [1.165, 1.54) is 43.6 Å². The molecule has 6 aromatic carbocycles. The van der Waals surface area contributed by atoms with Crippen LogP contribution in [0.5, 0.6) is 6.01 Å². The Bertz CT molecular complexity index is 2530. The quantitative estimate of drug-likeness (QED) is 0.214. The van der Waals surface area contributed by atoms with Crippen molar-refractivity contribution in [1.29, 1.82) is 0 Å². The van der Waals surface area contributed by atoms with Crippen LogP contribution < -0.4 is 4.74 Å². The second-order valence-corrected chi connectivity index (χ2v) is 11.2. The van der Waals surface area contributed by atoms with Gasteiger partial charge >= 0.3 is 6.01 Å². The number of imidazole rings is 1. The summed E-state index contributed by atoms with van der Waals surface area (Å²) in [6.07, 6.45) is 0. The van der Waals surface area contributed by atoms with Gasteiger partial charge in [-0.25, -0.2) is 0 Å². The van der Waals surface area contributed by atoms with E-state index >= 15 is 0 Å². The number of hydrogen-bond donors (Lipinski definition) is 0. The molecule has 0 fully saturated rings. The summed E-state index contributed by atoms with van der Waals surface area (Å²) in [7, 11) is 0. The van der Waals surface area contributed by atoms with Gasteiger partial charge < -0.3 is 13.9 Å². The number of ether oxygens (including phenoxy) is 1. The van der Waals surface area contributed by atoms with Gasteiger partial charge in [0.15, 0.2) is 0 Å². The first kappa shape index (κ1) is 22.8. The van der Waals surface area contributed by atoms with Crippen LogP contribution in [-0.4, -0.2) is 18.7 Å². The summed E-state index contributed by atoms with van der Waals surface area (Å²) >= 11 is 0.